The van der Waals surface area contributed by atoms with Crippen LogP contribution in [0.5, 0.6) is 0 Å². The zero-order valence-corrected chi connectivity index (χ0v) is 14.8. The number of carbonyl (C=O) groups excluding carboxylic acids is 1. The van der Waals surface area contributed by atoms with E-state index in [1.54, 1.807) is 13.8 Å². The van der Waals surface area contributed by atoms with Crippen LogP contribution in [-0.2, 0) is 11.0 Å². The van der Waals surface area contributed by atoms with Crippen molar-refractivity contribution in [3.63, 3.8) is 0 Å². The third kappa shape index (κ3) is 3.07. The van der Waals surface area contributed by atoms with Crippen LogP contribution in [0.3, 0.4) is 0 Å². The molecule has 0 N–H and O–H groups in total. The van der Waals surface area contributed by atoms with Gasteiger partial charge in [0, 0.05) is 37.9 Å². The van der Waals surface area contributed by atoms with Gasteiger partial charge in [0.05, 0.1) is 11.3 Å². The van der Waals surface area contributed by atoms with Gasteiger partial charge in [-0.3, -0.25) is 9.69 Å². The molecule has 1 unspecified atom stereocenters. The van der Waals surface area contributed by atoms with Crippen molar-refractivity contribution < 1.29 is 18.0 Å². The average Bonchev–Trinajstić information content (AvgIpc) is 2.53. The second kappa shape index (κ2) is 6.16. The van der Waals surface area contributed by atoms with E-state index < -0.39 is 17.8 Å². The first kappa shape index (κ1) is 18.0. The fourth-order valence-corrected chi connectivity index (χ4v) is 3.55. The van der Waals surface area contributed by atoms with E-state index >= 15 is 0 Å². The molecule has 138 valence electrons. The van der Waals surface area contributed by atoms with E-state index in [1.165, 1.54) is 4.90 Å². The van der Waals surface area contributed by atoms with E-state index in [9.17, 15) is 18.0 Å². The summed E-state index contributed by atoms with van der Waals surface area (Å²) in [6.45, 7) is 9.65. The number of halogens is 3. The minimum atomic E-state index is -4.49. The number of fused-ring (bicyclic) bond motifs is 3. The molecule has 2 aliphatic heterocycles. The molecule has 3 heterocycles. The van der Waals surface area contributed by atoms with Crippen molar-refractivity contribution in [3.8, 4) is 0 Å². The minimum Gasteiger partial charge on any atom is -0.340 e. The molecular weight excluding hydrogens is 333 g/mol. The molecule has 0 radical (unpaired) electrons. The lowest BCUT2D eigenvalue weighted by Crippen LogP contribution is -2.64. The molecule has 0 spiro atoms. The molecular formula is C17H23F3N4O. The van der Waals surface area contributed by atoms with Crippen molar-refractivity contribution in [2.24, 2.45) is 0 Å². The fraction of sp³-hybridized carbons (Fsp3) is 0.647. The second-order valence-corrected chi connectivity index (χ2v) is 7.16. The molecule has 0 bridgehead atoms. The van der Waals surface area contributed by atoms with Crippen molar-refractivity contribution in [2.45, 2.75) is 52.0 Å². The van der Waals surface area contributed by atoms with Crippen molar-refractivity contribution in [1.82, 2.24) is 9.88 Å². The van der Waals surface area contributed by atoms with Crippen molar-refractivity contribution in [2.75, 3.05) is 29.4 Å². The highest BCUT2D eigenvalue weighted by molar-refractivity contribution is 6.05. The van der Waals surface area contributed by atoms with Crippen LogP contribution in [0.4, 0.5) is 24.7 Å². The lowest BCUT2D eigenvalue weighted by atomic mass is 10.0. The predicted octanol–water partition coefficient (Wildman–Crippen LogP) is 2.75. The maximum Gasteiger partial charge on any atom is 0.417 e. The Balaban J connectivity index is 2.07. The summed E-state index contributed by atoms with van der Waals surface area (Å²) in [6, 6.07) is 0.707. The van der Waals surface area contributed by atoms with Crippen LogP contribution in [0, 0.1) is 0 Å². The van der Waals surface area contributed by atoms with E-state index in [0.717, 1.165) is 18.8 Å². The number of rotatable bonds is 2. The zero-order valence-electron chi connectivity index (χ0n) is 14.8. The van der Waals surface area contributed by atoms with Crippen LogP contribution in [0.25, 0.3) is 0 Å². The highest BCUT2D eigenvalue weighted by Gasteiger charge is 2.44. The van der Waals surface area contributed by atoms with Crippen molar-refractivity contribution in [3.05, 3.63) is 17.8 Å². The topological polar surface area (TPSA) is 39.7 Å². The van der Waals surface area contributed by atoms with Gasteiger partial charge in [-0.1, -0.05) is 0 Å². The Bertz CT molecular complexity index is 674. The third-order valence-corrected chi connectivity index (χ3v) is 4.89. The monoisotopic (exact) mass is 356 g/mol. The molecule has 2 aliphatic rings. The predicted molar refractivity (Wildman–Crippen MR) is 89.7 cm³/mol. The SMILES string of the molecule is CC(C)N1CCN2c3ncc(C(F)(F)F)cc3N(C(C)C)C(=O)C2C1. The summed E-state index contributed by atoms with van der Waals surface area (Å²) in [7, 11) is 0. The summed E-state index contributed by atoms with van der Waals surface area (Å²) in [4.78, 5) is 22.7. The van der Waals surface area contributed by atoms with Gasteiger partial charge in [-0.25, -0.2) is 4.98 Å². The van der Waals surface area contributed by atoms with Crippen LogP contribution in [-0.4, -0.2) is 53.6 Å². The maximum absolute atomic E-state index is 13.1. The summed E-state index contributed by atoms with van der Waals surface area (Å²) in [5, 5.41) is 0. The molecule has 1 saturated heterocycles. The third-order valence-electron chi connectivity index (χ3n) is 4.89. The minimum absolute atomic E-state index is 0.158. The number of anilines is 2. The van der Waals surface area contributed by atoms with Crippen molar-refractivity contribution >= 4 is 17.4 Å². The van der Waals surface area contributed by atoms with Gasteiger partial charge in [0.15, 0.2) is 5.82 Å². The van der Waals surface area contributed by atoms with Crippen LogP contribution >= 0.6 is 0 Å². The molecule has 8 heteroatoms. The number of hydrogen-bond donors (Lipinski definition) is 0. The number of piperazine rings is 1. The molecule has 1 atom stereocenters. The van der Waals surface area contributed by atoms with E-state index in [1.807, 2.05) is 4.90 Å². The molecule has 1 fully saturated rings. The Kier molecular flexibility index (Phi) is 4.43. The van der Waals surface area contributed by atoms with Gasteiger partial charge in [0.25, 0.3) is 5.91 Å². The van der Waals surface area contributed by atoms with Gasteiger partial charge >= 0.3 is 6.18 Å². The highest BCUT2D eigenvalue weighted by Crippen LogP contribution is 2.40. The van der Waals surface area contributed by atoms with Crippen LogP contribution < -0.4 is 9.80 Å². The van der Waals surface area contributed by atoms with Crippen LogP contribution in [0.2, 0.25) is 0 Å². The average molecular weight is 356 g/mol. The largest absolute Gasteiger partial charge is 0.417 e. The Hall–Kier alpha value is -1.83. The summed E-state index contributed by atoms with van der Waals surface area (Å²) >= 11 is 0. The lowest BCUT2D eigenvalue weighted by molar-refractivity contribution is -0.138. The Morgan fingerprint density at radius 3 is 2.40 bits per heavy atom. The van der Waals surface area contributed by atoms with Crippen LogP contribution in [0.1, 0.15) is 33.3 Å². The van der Waals surface area contributed by atoms with Gasteiger partial charge < -0.3 is 9.80 Å². The molecule has 0 saturated carbocycles. The quantitative estimate of drug-likeness (QED) is 0.817. The molecule has 0 aromatic carbocycles. The summed E-state index contributed by atoms with van der Waals surface area (Å²) in [5.41, 5.74) is -0.576. The molecule has 25 heavy (non-hydrogen) atoms. The summed E-state index contributed by atoms with van der Waals surface area (Å²) in [6.07, 6.45) is -3.63. The van der Waals surface area contributed by atoms with Gasteiger partial charge in [-0.15, -0.1) is 0 Å². The van der Waals surface area contributed by atoms with Gasteiger partial charge in [-0.05, 0) is 33.8 Å². The second-order valence-electron chi connectivity index (χ2n) is 7.16. The molecule has 1 aromatic rings. The summed E-state index contributed by atoms with van der Waals surface area (Å²) in [5.74, 6) is 0.309. The van der Waals surface area contributed by atoms with Crippen molar-refractivity contribution in [1.29, 1.82) is 0 Å². The Morgan fingerprint density at radius 1 is 1.16 bits per heavy atom. The number of carbonyl (C=O) groups is 1. The van der Waals surface area contributed by atoms with E-state index in [0.29, 0.717) is 24.9 Å². The molecule has 1 aromatic heterocycles. The van der Waals surface area contributed by atoms with Gasteiger partial charge in [0.2, 0.25) is 0 Å². The number of aromatic nitrogens is 1. The fourth-order valence-electron chi connectivity index (χ4n) is 3.55. The first-order chi connectivity index (χ1) is 11.6. The number of amides is 1. The van der Waals surface area contributed by atoms with E-state index in [2.05, 4.69) is 23.7 Å². The molecule has 0 aliphatic carbocycles. The maximum atomic E-state index is 13.1. The van der Waals surface area contributed by atoms with E-state index in [-0.39, 0.29) is 17.6 Å². The van der Waals surface area contributed by atoms with E-state index in [4.69, 9.17) is 0 Å². The first-order valence-electron chi connectivity index (χ1n) is 8.52. The lowest BCUT2D eigenvalue weighted by Gasteiger charge is -2.49. The highest BCUT2D eigenvalue weighted by atomic mass is 19.4. The van der Waals surface area contributed by atoms with Gasteiger partial charge in [0.1, 0.15) is 6.04 Å². The molecule has 5 nitrogen and oxygen atoms in total. The molecule has 1 amide bonds. The number of hydrogen-bond acceptors (Lipinski definition) is 4. The normalized spacial score (nSPS) is 21.8. The summed E-state index contributed by atoms with van der Waals surface area (Å²) < 4.78 is 39.3. The Morgan fingerprint density at radius 2 is 1.84 bits per heavy atom. The zero-order chi connectivity index (χ0) is 18.5. The van der Waals surface area contributed by atoms with Gasteiger partial charge in [-0.2, -0.15) is 13.2 Å². The number of alkyl halides is 3. The smallest absolute Gasteiger partial charge is 0.340 e. The number of pyridine rings is 1. The standard InChI is InChI=1S/C17H23F3N4O/c1-10(2)22-5-6-23-14(9-22)16(25)24(11(3)4)13-7-12(17(18,19)20)8-21-15(13)23/h7-8,10-11,14H,5-6,9H2,1-4H3. The molecule has 3 rings (SSSR count). The Labute approximate surface area is 145 Å². The number of nitrogens with zero attached hydrogens (tertiary/aromatic N) is 4. The first-order valence-corrected chi connectivity index (χ1v) is 8.52. The van der Waals surface area contributed by atoms with Crippen LogP contribution in [0.15, 0.2) is 12.3 Å².